The van der Waals surface area contributed by atoms with E-state index in [1.54, 1.807) is 26.2 Å². The number of methoxy groups -OCH3 is 1. The number of fused-ring (bicyclic) bond motifs is 1. The Morgan fingerprint density at radius 3 is 2.57 bits per heavy atom. The molecule has 35 heavy (non-hydrogen) atoms. The molecule has 1 aliphatic carbocycles. The lowest BCUT2D eigenvalue weighted by molar-refractivity contribution is -0.274. The zero-order valence-electron chi connectivity index (χ0n) is 18.8. The molecule has 2 aromatic carbocycles. The fraction of sp³-hybridized carbons (Fsp3) is 0.348. The summed E-state index contributed by atoms with van der Waals surface area (Å²) in [4.78, 5) is 12.5. The highest BCUT2D eigenvalue weighted by Crippen LogP contribution is 2.43. The van der Waals surface area contributed by atoms with Crippen molar-refractivity contribution in [3.63, 3.8) is 0 Å². The molecule has 1 aliphatic rings. The molecule has 2 atom stereocenters. The monoisotopic (exact) mass is 509 g/mol. The number of hydrogen-bond donors (Lipinski definition) is 1. The lowest BCUT2D eigenvalue weighted by Gasteiger charge is -2.16. The molecule has 0 saturated heterocycles. The van der Waals surface area contributed by atoms with E-state index in [2.05, 4.69) is 15.0 Å². The molecule has 186 valence electrons. The molecular formula is C23H22F3N3O5S. The lowest BCUT2D eigenvalue weighted by atomic mass is 10.1. The van der Waals surface area contributed by atoms with Gasteiger partial charge in [0.2, 0.25) is 5.69 Å². The van der Waals surface area contributed by atoms with Gasteiger partial charge in [0.1, 0.15) is 16.5 Å². The molecule has 4 rings (SSSR count). The third-order valence-electron chi connectivity index (χ3n) is 5.35. The van der Waals surface area contributed by atoms with Crippen molar-refractivity contribution in [1.29, 1.82) is 0 Å². The van der Waals surface area contributed by atoms with Crippen LogP contribution in [0.25, 0.3) is 0 Å². The SMILES string of the molecule is CCOC(=O)c1nnn(Cc2ccc(OC)cc2)c1SC1Cc2cc(OC(F)(F)F)ccc2C1O. The standard InChI is InChI=1S/C23H22F3N3O5S/c1-3-33-22(31)19-21(29(28-27-19)12-13-4-6-15(32-2)7-5-13)35-18-11-14-10-16(34-23(24,25)26)8-9-17(14)20(18)30/h4-10,18,20,30H,3,11-12H2,1-2H3. The van der Waals surface area contributed by atoms with Gasteiger partial charge in [0, 0.05) is 5.25 Å². The number of aliphatic hydroxyl groups is 1. The van der Waals surface area contributed by atoms with Crippen molar-refractivity contribution in [2.75, 3.05) is 13.7 Å². The minimum atomic E-state index is -4.81. The van der Waals surface area contributed by atoms with Crippen LogP contribution >= 0.6 is 11.8 Å². The summed E-state index contributed by atoms with van der Waals surface area (Å²) in [6.45, 7) is 2.11. The van der Waals surface area contributed by atoms with Crippen LogP contribution in [-0.4, -0.2) is 51.4 Å². The largest absolute Gasteiger partial charge is 0.573 e. The summed E-state index contributed by atoms with van der Waals surface area (Å²) in [5.41, 5.74) is 1.92. The second-order valence-corrected chi connectivity index (χ2v) is 8.91. The number of benzene rings is 2. The molecule has 1 N–H and O–H groups in total. The Morgan fingerprint density at radius 2 is 1.91 bits per heavy atom. The van der Waals surface area contributed by atoms with Crippen LogP contribution in [0.3, 0.4) is 0 Å². The first kappa shape index (κ1) is 24.9. The second kappa shape index (κ2) is 10.2. The summed E-state index contributed by atoms with van der Waals surface area (Å²) < 4.78 is 53.6. The highest BCUT2D eigenvalue weighted by atomic mass is 32.2. The van der Waals surface area contributed by atoms with E-state index >= 15 is 0 Å². The maximum atomic E-state index is 12.6. The molecule has 0 fully saturated rings. The Morgan fingerprint density at radius 1 is 1.20 bits per heavy atom. The third-order valence-corrected chi connectivity index (χ3v) is 6.71. The van der Waals surface area contributed by atoms with Gasteiger partial charge in [-0.2, -0.15) is 0 Å². The average molecular weight is 510 g/mol. The summed E-state index contributed by atoms with van der Waals surface area (Å²) in [7, 11) is 1.57. The van der Waals surface area contributed by atoms with Crippen molar-refractivity contribution in [3.05, 3.63) is 64.8 Å². The van der Waals surface area contributed by atoms with Gasteiger partial charge in [-0.3, -0.25) is 0 Å². The van der Waals surface area contributed by atoms with Crippen molar-refractivity contribution in [3.8, 4) is 11.5 Å². The van der Waals surface area contributed by atoms with Crippen LogP contribution in [0, 0.1) is 0 Å². The molecule has 1 aromatic heterocycles. The van der Waals surface area contributed by atoms with Gasteiger partial charge >= 0.3 is 12.3 Å². The number of aliphatic hydroxyl groups excluding tert-OH is 1. The third kappa shape index (κ3) is 5.70. The first-order chi connectivity index (χ1) is 16.7. The van der Waals surface area contributed by atoms with Gasteiger partial charge in [-0.15, -0.1) is 18.3 Å². The molecule has 0 amide bonds. The van der Waals surface area contributed by atoms with Crippen LogP contribution in [0.1, 0.15) is 40.2 Å². The highest BCUT2D eigenvalue weighted by Gasteiger charge is 2.36. The van der Waals surface area contributed by atoms with Gasteiger partial charge in [0.05, 0.1) is 26.4 Å². The van der Waals surface area contributed by atoms with Crippen molar-refractivity contribution in [2.24, 2.45) is 0 Å². The number of aromatic nitrogens is 3. The molecular weight excluding hydrogens is 487 g/mol. The molecule has 8 nitrogen and oxygen atoms in total. The normalized spacial score (nSPS) is 17.2. The molecule has 12 heteroatoms. The van der Waals surface area contributed by atoms with Crippen LogP contribution in [0.2, 0.25) is 0 Å². The molecule has 1 heterocycles. The first-order valence-electron chi connectivity index (χ1n) is 10.6. The zero-order valence-corrected chi connectivity index (χ0v) is 19.6. The number of hydrogen-bond acceptors (Lipinski definition) is 8. The molecule has 0 bridgehead atoms. The number of nitrogens with zero attached hydrogens (tertiary/aromatic N) is 3. The van der Waals surface area contributed by atoms with E-state index in [-0.39, 0.29) is 31.0 Å². The number of carbonyl (C=O) groups is 1. The smallest absolute Gasteiger partial charge is 0.497 e. The topological polar surface area (TPSA) is 95.7 Å². The van der Waals surface area contributed by atoms with E-state index in [0.29, 0.717) is 21.9 Å². The highest BCUT2D eigenvalue weighted by molar-refractivity contribution is 8.00. The van der Waals surface area contributed by atoms with Gasteiger partial charge < -0.3 is 19.3 Å². The fourth-order valence-corrected chi connectivity index (χ4v) is 5.06. The quantitative estimate of drug-likeness (QED) is 0.453. The van der Waals surface area contributed by atoms with E-state index < -0.39 is 23.7 Å². The lowest BCUT2D eigenvalue weighted by Crippen LogP contribution is -2.17. The Labute approximate surface area is 203 Å². The van der Waals surface area contributed by atoms with E-state index in [1.807, 2.05) is 12.1 Å². The maximum Gasteiger partial charge on any atom is 0.573 e. The summed E-state index contributed by atoms with van der Waals surface area (Å²) in [6.07, 6.45) is -5.53. The van der Waals surface area contributed by atoms with E-state index in [1.165, 1.54) is 34.6 Å². The summed E-state index contributed by atoms with van der Waals surface area (Å²) in [5, 5.41) is 18.9. The van der Waals surface area contributed by atoms with E-state index in [9.17, 15) is 23.1 Å². The van der Waals surface area contributed by atoms with Crippen molar-refractivity contribution < 1.29 is 37.3 Å². The molecule has 3 aromatic rings. The predicted octanol–water partition coefficient (Wildman–Crippen LogP) is 4.16. The number of esters is 1. The number of carbonyl (C=O) groups excluding carboxylic acids is 1. The van der Waals surface area contributed by atoms with Crippen molar-refractivity contribution in [1.82, 2.24) is 15.0 Å². The zero-order chi connectivity index (χ0) is 25.2. The average Bonchev–Trinajstić information content (AvgIpc) is 3.34. The number of rotatable bonds is 8. The van der Waals surface area contributed by atoms with Crippen LogP contribution in [0.15, 0.2) is 47.5 Å². The molecule has 0 saturated carbocycles. The van der Waals surface area contributed by atoms with Gasteiger partial charge in [0.25, 0.3) is 0 Å². The molecule has 0 radical (unpaired) electrons. The number of alkyl halides is 3. The summed E-state index contributed by atoms with van der Waals surface area (Å²) in [6, 6.07) is 11.1. The summed E-state index contributed by atoms with van der Waals surface area (Å²) >= 11 is 1.18. The predicted molar refractivity (Wildman–Crippen MR) is 120 cm³/mol. The van der Waals surface area contributed by atoms with Crippen LogP contribution in [-0.2, 0) is 17.7 Å². The Kier molecular flexibility index (Phi) is 7.22. The minimum absolute atomic E-state index is 0.00890. The maximum absolute atomic E-state index is 12.6. The van der Waals surface area contributed by atoms with E-state index in [4.69, 9.17) is 9.47 Å². The van der Waals surface area contributed by atoms with Gasteiger partial charge in [0.15, 0.2) is 0 Å². The van der Waals surface area contributed by atoms with E-state index in [0.717, 1.165) is 5.56 Å². The van der Waals surface area contributed by atoms with Gasteiger partial charge in [-0.25, -0.2) is 9.48 Å². The first-order valence-corrected chi connectivity index (χ1v) is 11.5. The molecule has 0 aliphatic heterocycles. The number of ether oxygens (including phenoxy) is 3. The molecule has 2 unspecified atom stereocenters. The number of halogens is 3. The molecule has 0 spiro atoms. The van der Waals surface area contributed by atoms with Gasteiger partial charge in [-0.1, -0.05) is 35.2 Å². The Bertz CT molecular complexity index is 1200. The van der Waals surface area contributed by atoms with Crippen LogP contribution < -0.4 is 9.47 Å². The fourth-order valence-electron chi connectivity index (χ4n) is 3.78. The number of thioether (sulfide) groups is 1. The van der Waals surface area contributed by atoms with Crippen LogP contribution in [0.4, 0.5) is 13.2 Å². The van der Waals surface area contributed by atoms with Crippen molar-refractivity contribution in [2.45, 2.75) is 42.6 Å². The van der Waals surface area contributed by atoms with Crippen molar-refractivity contribution >= 4 is 17.7 Å². The minimum Gasteiger partial charge on any atom is -0.497 e. The van der Waals surface area contributed by atoms with Crippen LogP contribution in [0.5, 0.6) is 11.5 Å². The Hall–Kier alpha value is -3.25. The second-order valence-electron chi connectivity index (χ2n) is 7.68. The Balaban J connectivity index is 1.59. The summed E-state index contributed by atoms with van der Waals surface area (Å²) in [5.74, 6) is -0.316. The van der Waals surface area contributed by atoms with Gasteiger partial charge in [-0.05, 0) is 54.3 Å².